The minimum atomic E-state index is -4.24. The van der Waals surface area contributed by atoms with Gasteiger partial charge in [-0.1, -0.05) is 6.92 Å². The molecule has 0 aromatic rings. The van der Waals surface area contributed by atoms with Crippen LogP contribution in [0.4, 0.5) is 13.2 Å². The molecule has 0 aromatic carbocycles. The maximum absolute atomic E-state index is 12.6. The van der Waals surface area contributed by atoms with E-state index in [0.717, 1.165) is 19.3 Å². The van der Waals surface area contributed by atoms with Crippen LogP contribution in [0, 0.1) is 0 Å². The van der Waals surface area contributed by atoms with Gasteiger partial charge in [-0.2, -0.15) is 13.2 Å². The Kier molecular flexibility index (Phi) is 6.75. The zero-order valence-corrected chi connectivity index (χ0v) is 12.0. The number of ether oxygens (including phenoxy) is 1. The van der Waals surface area contributed by atoms with Gasteiger partial charge in [0.2, 0.25) is 0 Å². The van der Waals surface area contributed by atoms with Crippen molar-refractivity contribution in [3.05, 3.63) is 0 Å². The average molecular weight is 296 g/mol. The quantitative estimate of drug-likeness (QED) is 0.660. The van der Waals surface area contributed by atoms with Crippen LogP contribution in [-0.2, 0) is 9.53 Å². The third-order valence-corrected chi connectivity index (χ3v) is 3.07. The summed E-state index contributed by atoms with van der Waals surface area (Å²) >= 11 is 0. The monoisotopic (exact) mass is 296 g/mol. The van der Waals surface area contributed by atoms with Gasteiger partial charge in [-0.3, -0.25) is 9.69 Å². The Morgan fingerprint density at radius 3 is 2.50 bits per heavy atom. The molecule has 0 saturated heterocycles. The fourth-order valence-electron chi connectivity index (χ4n) is 2.03. The number of carbonyl (C=O) groups is 1. The second kappa shape index (κ2) is 7.83. The van der Waals surface area contributed by atoms with E-state index in [9.17, 15) is 18.0 Å². The third kappa shape index (κ3) is 6.56. The predicted molar refractivity (Wildman–Crippen MR) is 69.4 cm³/mol. The van der Waals surface area contributed by atoms with Crippen molar-refractivity contribution in [3.8, 4) is 0 Å². The van der Waals surface area contributed by atoms with Gasteiger partial charge < -0.3 is 10.1 Å². The Hall–Kier alpha value is -0.820. The van der Waals surface area contributed by atoms with E-state index in [1.165, 1.54) is 4.90 Å². The zero-order chi connectivity index (χ0) is 15.2. The van der Waals surface area contributed by atoms with Crippen LogP contribution in [0.5, 0.6) is 0 Å². The summed E-state index contributed by atoms with van der Waals surface area (Å²) in [4.78, 5) is 13.1. The van der Waals surface area contributed by atoms with Crippen molar-refractivity contribution in [1.82, 2.24) is 10.2 Å². The number of esters is 1. The second-order valence-corrected chi connectivity index (χ2v) is 5.03. The Balaban J connectivity index is 2.61. The fraction of sp³-hybridized carbons (Fsp3) is 0.923. The zero-order valence-electron chi connectivity index (χ0n) is 12.0. The van der Waals surface area contributed by atoms with Crippen molar-refractivity contribution in [3.63, 3.8) is 0 Å². The van der Waals surface area contributed by atoms with Crippen molar-refractivity contribution in [2.45, 2.75) is 51.4 Å². The molecule has 1 atom stereocenters. The van der Waals surface area contributed by atoms with Crippen LogP contribution in [0.3, 0.4) is 0 Å². The van der Waals surface area contributed by atoms with E-state index in [1.54, 1.807) is 6.92 Å². The highest BCUT2D eigenvalue weighted by Crippen LogP contribution is 2.30. The first-order chi connectivity index (χ1) is 9.37. The van der Waals surface area contributed by atoms with Gasteiger partial charge in [-0.15, -0.1) is 0 Å². The van der Waals surface area contributed by atoms with E-state index >= 15 is 0 Å². The van der Waals surface area contributed by atoms with Crippen molar-refractivity contribution in [1.29, 1.82) is 0 Å². The molecule has 0 aliphatic heterocycles. The van der Waals surface area contributed by atoms with Gasteiger partial charge in [0.15, 0.2) is 0 Å². The molecule has 1 N–H and O–H groups in total. The molecular formula is C13H23F3N2O2. The number of rotatable bonds is 9. The van der Waals surface area contributed by atoms with Crippen molar-refractivity contribution in [2.75, 3.05) is 26.2 Å². The summed E-state index contributed by atoms with van der Waals surface area (Å²) in [6, 6.07) is -0.755. The normalized spacial score (nSPS) is 17.3. The summed E-state index contributed by atoms with van der Waals surface area (Å²) in [5.41, 5.74) is 0. The van der Waals surface area contributed by atoms with Crippen molar-refractivity contribution >= 4 is 5.97 Å². The van der Waals surface area contributed by atoms with Crippen molar-refractivity contribution < 1.29 is 22.7 Å². The smallest absolute Gasteiger partial charge is 0.401 e. The van der Waals surface area contributed by atoms with E-state index in [1.807, 2.05) is 6.92 Å². The molecule has 1 unspecified atom stereocenters. The van der Waals surface area contributed by atoms with Gasteiger partial charge in [0.1, 0.15) is 6.04 Å². The number of nitrogens with zero attached hydrogens (tertiary/aromatic N) is 1. The highest BCUT2D eigenvalue weighted by molar-refractivity contribution is 5.76. The Morgan fingerprint density at radius 2 is 2.05 bits per heavy atom. The van der Waals surface area contributed by atoms with Crippen LogP contribution < -0.4 is 5.32 Å². The van der Waals surface area contributed by atoms with Crippen LogP contribution in [0.15, 0.2) is 0 Å². The number of nitrogens with one attached hydrogen (secondary N) is 1. The molecule has 118 valence electrons. The van der Waals surface area contributed by atoms with Gasteiger partial charge >= 0.3 is 12.1 Å². The number of hydrogen-bond acceptors (Lipinski definition) is 4. The number of alkyl halides is 3. The lowest BCUT2D eigenvalue weighted by Gasteiger charge is -2.27. The van der Waals surface area contributed by atoms with Gasteiger partial charge in [0.25, 0.3) is 0 Å². The lowest BCUT2D eigenvalue weighted by Crippen LogP contribution is -2.50. The molecule has 7 heteroatoms. The van der Waals surface area contributed by atoms with E-state index in [4.69, 9.17) is 4.74 Å². The van der Waals surface area contributed by atoms with E-state index in [0.29, 0.717) is 6.54 Å². The van der Waals surface area contributed by atoms with Crippen LogP contribution in [0.1, 0.15) is 33.1 Å². The number of hydrogen-bond donors (Lipinski definition) is 1. The summed E-state index contributed by atoms with van der Waals surface area (Å²) in [5.74, 6) is -0.478. The van der Waals surface area contributed by atoms with Gasteiger partial charge in [0.05, 0.1) is 13.2 Å². The fourth-order valence-corrected chi connectivity index (χ4v) is 2.03. The summed E-state index contributed by atoms with van der Waals surface area (Å²) in [6.07, 6.45) is -1.91. The molecule has 20 heavy (non-hydrogen) atoms. The minimum absolute atomic E-state index is 0.0447. The maximum atomic E-state index is 12.6. The molecule has 1 saturated carbocycles. The van der Waals surface area contributed by atoms with Crippen LogP contribution >= 0.6 is 0 Å². The highest BCUT2D eigenvalue weighted by atomic mass is 19.4. The molecule has 1 fully saturated rings. The Labute approximate surface area is 117 Å². The van der Waals surface area contributed by atoms with Gasteiger partial charge in [0, 0.05) is 12.6 Å². The Bertz CT molecular complexity index is 306. The van der Waals surface area contributed by atoms with Gasteiger partial charge in [-0.25, -0.2) is 0 Å². The first-order valence-corrected chi connectivity index (χ1v) is 7.08. The van der Waals surface area contributed by atoms with E-state index in [-0.39, 0.29) is 19.2 Å². The predicted octanol–water partition coefficient (Wildman–Crippen LogP) is 1.94. The number of carbonyl (C=O) groups excluding carboxylic acids is 1. The van der Waals surface area contributed by atoms with E-state index < -0.39 is 24.7 Å². The summed E-state index contributed by atoms with van der Waals surface area (Å²) in [7, 11) is 0. The van der Waals surface area contributed by atoms with Gasteiger partial charge in [-0.05, 0) is 32.7 Å². The topological polar surface area (TPSA) is 41.6 Å². The molecule has 0 amide bonds. The SMILES string of the molecule is CCCNC(CN(CC(F)(F)F)C1CC1)C(=O)OCC. The lowest BCUT2D eigenvalue weighted by atomic mass is 10.2. The standard InChI is InChI=1S/C13H23F3N2O2/c1-3-7-17-11(12(19)20-4-2)8-18(10-5-6-10)9-13(14,15)16/h10-11,17H,3-9H2,1-2H3. The van der Waals surface area contributed by atoms with Crippen LogP contribution in [-0.4, -0.2) is 55.4 Å². The lowest BCUT2D eigenvalue weighted by molar-refractivity contribution is -0.155. The van der Waals surface area contributed by atoms with Crippen molar-refractivity contribution in [2.24, 2.45) is 0 Å². The third-order valence-electron chi connectivity index (χ3n) is 3.07. The van der Waals surface area contributed by atoms with E-state index in [2.05, 4.69) is 5.32 Å². The number of halogens is 3. The average Bonchev–Trinajstić information content (AvgIpc) is 3.15. The van der Waals surface area contributed by atoms with Crippen LogP contribution in [0.2, 0.25) is 0 Å². The molecule has 1 aliphatic carbocycles. The Morgan fingerprint density at radius 1 is 1.40 bits per heavy atom. The first-order valence-electron chi connectivity index (χ1n) is 7.08. The molecule has 1 rings (SSSR count). The summed E-state index contributed by atoms with van der Waals surface area (Å²) in [5, 5.41) is 2.97. The first kappa shape index (κ1) is 17.2. The molecule has 0 spiro atoms. The largest absolute Gasteiger partial charge is 0.465 e. The second-order valence-electron chi connectivity index (χ2n) is 5.03. The summed E-state index contributed by atoms with van der Waals surface area (Å²) < 4.78 is 42.6. The molecule has 0 heterocycles. The van der Waals surface area contributed by atoms with Crippen LogP contribution in [0.25, 0.3) is 0 Å². The molecule has 1 aliphatic rings. The molecule has 0 aromatic heterocycles. The molecule has 0 radical (unpaired) electrons. The molecule has 4 nitrogen and oxygen atoms in total. The minimum Gasteiger partial charge on any atom is -0.465 e. The summed E-state index contributed by atoms with van der Waals surface area (Å²) in [6.45, 7) is 3.50. The maximum Gasteiger partial charge on any atom is 0.401 e. The molecule has 0 bridgehead atoms. The highest BCUT2D eigenvalue weighted by Gasteiger charge is 2.39. The molecular weight excluding hydrogens is 273 g/mol.